The van der Waals surface area contributed by atoms with Crippen molar-refractivity contribution in [1.29, 1.82) is 0 Å². The normalized spacial score (nSPS) is 12.6. The minimum absolute atomic E-state index is 0.0250. The summed E-state index contributed by atoms with van der Waals surface area (Å²) in [6.07, 6.45) is 4.21. The molecule has 0 aliphatic rings. The van der Waals surface area contributed by atoms with Gasteiger partial charge >= 0.3 is 0 Å². The molecule has 1 heterocycles. The highest BCUT2D eigenvalue weighted by atomic mass is 19.2. The maximum Gasteiger partial charge on any atom is 0.159 e. The van der Waals surface area contributed by atoms with Gasteiger partial charge in [-0.1, -0.05) is 6.07 Å². The quantitative estimate of drug-likeness (QED) is 0.857. The Morgan fingerprint density at radius 2 is 2.17 bits per heavy atom. The molecule has 0 spiro atoms. The second-order valence-corrected chi connectivity index (χ2v) is 4.18. The maximum atomic E-state index is 13.1. The summed E-state index contributed by atoms with van der Waals surface area (Å²) in [6.45, 7) is 2.65. The van der Waals surface area contributed by atoms with Crippen molar-refractivity contribution < 1.29 is 8.78 Å². The molecule has 3 nitrogen and oxygen atoms in total. The molecule has 2 aromatic rings. The highest BCUT2D eigenvalue weighted by Crippen LogP contribution is 2.15. The Morgan fingerprint density at radius 3 is 2.83 bits per heavy atom. The number of nitrogens with zero attached hydrogens (tertiary/aromatic N) is 1. The number of halogens is 2. The fourth-order valence-electron chi connectivity index (χ4n) is 1.74. The van der Waals surface area contributed by atoms with Gasteiger partial charge in [-0.05, 0) is 24.6 Å². The minimum Gasteiger partial charge on any atom is -0.348 e. The van der Waals surface area contributed by atoms with E-state index in [0.29, 0.717) is 0 Å². The Labute approximate surface area is 104 Å². The molecule has 1 atom stereocenters. The molecule has 0 radical (unpaired) electrons. The van der Waals surface area contributed by atoms with Gasteiger partial charge in [0.05, 0.1) is 6.33 Å². The molecule has 0 aliphatic carbocycles. The molecule has 0 saturated carbocycles. The third-order valence-corrected chi connectivity index (χ3v) is 2.84. The number of benzene rings is 1. The van der Waals surface area contributed by atoms with Crippen molar-refractivity contribution in [3.63, 3.8) is 0 Å². The van der Waals surface area contributed by atoms with Crippen molar-refractivity contribution in [2.75, 3.05) is 6.54 Å². The van der Waals surface area contributed by atoms with Gasteiger partial charge in [-0.2, -0.15) is 0 Å². The summed E-state index contributed by atoms with van der Waals surface area (Å²) in [4.78, 5) is 6.93. The number of rotatable bonds is 5. The number of H-pyrrole nitrogens is 1. The number of aromatic nitrogens is 2. The summed E-state index contributed by atoms with van der Waals surface area (Å²) < 4.78 is 25.9. The Balaban J connectivity index is 1.87. The van der Waals surface area contributed by atoms with E-state index < -0.39 is 11.6 Å². The van der Waals surface area contributed by atoms with Crippen molar-refractivity contribution >= 4 is 0 Å². The van der Waals surface area contributed by atoms with Crippen LogP contribution in [-0.4, -0.2) is 16.5 Å². The molecule has 18 heavy (non-hydrogen) atoms. The second-order valence-electron chi connectivity index (χ2n) is 4.18. The van der Waals surface area contributed by atoms with E-state index in [-0.39, 0.29) is 6.04 Å². The summed E-state index contributed by atoms with van der Waals surface area (Å²) in [5, 5.41) is 3.25. The van der Waals surface area contributed by atoms with Crippen molar-refractivity contribution in [2.24, 2.45) is 0 Å². The zero-order chi connectivity index (χ0) is 13.0. The Kier molecular flexibility index (Phi) is 4.04. The number of imidazole rings is 1. The highest BCUT2D eigenvalue weighted by Gasteiger charge is 2.08. The highest BCUT2D eigenvalue weighted by molar-refractivity contribution is 5.20. The first kappa shape index (κ1) is 12.7. The van der Waals surface area contributed by atoms with Crippen LogP contribution in [0.2, 0.25) is 0 Å². The number of nitrogens with one attached hydrogen (secondary N) is 2. The largest absolute Gasteiger partial charge is 0.348 e. The molecule has 2 rings (SSSR count). The van der Waals surface area contributed by atoms with E-state index in [1.54, 1.807) is 18.6 Å². The molecule has 1 unspecified atom stereocenters. The van der Waals surface area contributed by atoms with E-state index in [9.17, 15) is 8.78 Å². The number of hydrogen-bond acceptors (Lipinski definition) is 2. The van der Waals surface area contributed by atoms with Crippen molar-refractivity contribution in [3.05, 3.63) is 53.6 Å². The van der Waals surface area contributed by atoms with Gasteiger partial charge in [-0.3, -0.25) is 0 Å². The smallest absolute Gasteiger partial charge is 0.159 e. The summed E-state index contributed by atoms with van der Waals surface area (Å²) >= 11 is 0. The van der Waals surface area contributed by atoms with Crippen LogP contribution < -0.4 is 5.32 Å². The van der Waals surface area contributed by atoms with Crippen molar-refractivity contribution in [2.45, 2.75) is 19.4 Å². The average molecular weight is 251 g/mol. The first-order chi connectivity index (χ1) is 8.66. The van der Waals surface area contributed by atoms with Crippen molar-refractivity contribution in [1.82, 2.24) is 15.3 Å². The summed E-state index contributed by atoms with van der Waals surface area (Å²) in [5.41, 5.74) is 1.78. The monoisotopic (exact) mass is 251 g/mol. The number of hydrogen-bond donors (Lipinski definition) is 2. The predicted molar refractivity (Wildman–Crippen MR) is 65.1 cm³/mol. The van der Waals surface area contributed by atoms with E-state index >= 15 is 0 Å². The molecule has 2 N–H and O–H groups in total. The lowest BCUT2D eigenvalue weighted by molar-refractivity contribution is 0.501. The van der Waals surface area contributed by atoms with Crippen LogP contribution in [-0.2, 0) is 6.42 Å². The lowest BCUT2D eigenvalue weighted by Crippen LogP contribution is -2.21. The van der Waals surface area contributed by atoms with Gasteiger partial charge in [0.15, 0.2) is 11.6 Å². The van der Waals surface area contributed by atoms with Crippen LogP contribution in [0.5, 0.6) is 0 Å². The van der Waals surface area contributed by atoms with Gasteiger partial charge in [0.25, 0.3) is 0 Å². The predicted octanol–water partition coefficient (Wildman–Crippen LogP) is 2.58. The molecule has 1 aromatic heterocycles. The number of aromatic amines is 1. The fraction of sp³-hybridized carbons (Fsp3) is 0.308. The Hall–Kier alpha value is -1.75. The van der Waals surface area contributed by atoms with Gasteiger partial charge in [0.1, 0.15) is 0 Å². The van der Waals surface area contributed by atoms with Crippen molar-refractivity contribution in [3.8, 4) is 0 Å². The lowest BCUT2D eigenvalue weighted by atomic mass is 10.1. The van der Waals surface area contributed by atoms with Gasteiger partial charge in [-0.15, -0.1) is 0 Å². The van der Waals surface area contributed by atoms with Gasteiger partial charge in [0.2, 0.25) is 0 Å². The van der Waals surface area contributed by atoms with Crippen LogP contribution >= 0.6 is 0 Å². The van der Waals surface area contributed by atoms with Gasteiger partial charge in [-0.25, -0.2) is 13.8 Å². The molecule has 0 bridgehead atoms. The topological polar surface area (TPSA) is 40.7 Å². The van der Waals surface area contributed by atoms with E-state index in [1.807, 2.05) is 6.92 Å². The molecular formula is C13H15F2N3. The van der Waals surface area contributed by atoms with E-state index in [4.69, 9.17) is 0 Å². The molecule has 96 valence electrons. The SMILES string of the molecule is CC(NCCc1cnc[nH]1)c1ccc(F)c(F)c1. The third-order valence-electron chi connectivity index (χ3n) is 2.84. The maximum absolute atomic E-state index is 13.1. The average Bonchev–Trinajstić information content (AvgIpc) is 2.85. The lowest BCUT2D eigenvalue weighted by Gasteiger charge is -2.14. The van der Waals surface area contributed by atoms with E-state index in [0.717, 1.165) is 30.3 Å². The minimum atomic E-state index is -0.816. The van der Waals surface area contributed by atoms with E-state index in [1.165, 1.54) is 6.07 Å². The second kappa shape index (κ2) is 5.73. The molecule has 5 heteroatoms. The van der Waals surface area contributed by atoms with Crippen LogP contribution in [0, 0.1) is 11.6 Å². The van der Waals surface area contributed by atoms with Crippen LogP contribution in [0.4, 0.5) is 8.78 Å². The molecule has 1 aromatic carbocycles. The first-order valence-electron chi connectivity index (χ1n) is 5.82. The third kappa shape index (κ3) is 3.13. The fourth-order valence-corrected chi connectivity index (χ4v) is 1.74. The molecule has 0 fully saturated rings. The summed E-state index contributed by atoms with van der Waals surface area (Å²) in [7, 11) is 0. The van der Waals surface area contributed by atoms with Crippen LogP contribution in [0.1, 0.15) is 24.2 Å². The molecule has 0 amide bonds. The standard InChI is InChI=1S/C13H15F2N3/c1-9(10-2-3-12(14)13(15)6-10)17-5-4-11-7-16-8-18-11/h2-3,6-9,17H,4-5H2,1H3,(H,16,18). The zero-order valence-corrected chi connectivity index (χ0v) is 10.1. The molecule has 0 saturated heterocycles. The first-order valence-corrected chi connectivity index (χ1v) is 5.82. The van der Waals surface area contributed by atoms with E-state index in [2.05, 4.69) is 15.3 Å². The summed E-state index contributed by atoms with van der Waals surface area (Å²) in [5.74, 6) is -1.63. The molecular weight excluding hydrogens is 236 g/mol. The van der Waals surface area contributed by atoms with Gasteiger partial charge < -0.3 is 10.3 Å². The van der Waals surface area contributed by atoms with Crippen LogP contribution in [0.3, 0.4) is 0 Å². The molecule has 0 aliphatic heterocycles. The van der Waals surface area contributed by atoms with Crippen LogP contribution in [0.15, 0.2) is 30.7 Å². The van der Waals surface area contributed by atoms with Crippen LogP contribution in [0.25, 0.3) is 0 Å². The van der Waals surface area contributed by atoms with Gasteiger partial charge in [0, 0.05) is 30.9 Å². The Bertz CT molecular complexity index is 497. The Morgan fingerprint density at radius 1 is 1.33 bits per heavy atom. The summed E-state index contributed by atoms with van der Waals surface area (Å²) in [6, 6.07) is 3.94. The zero-order valence-electron chi connectivity index (χ0n) is 10.1.